The average Bonchev–Trinajstić information content (AvgIpc) is 1.10. The summed E-state index contributed by atoms with van der Waals surface area (Å²) in [6, 6.07) is 51.3. The molecule has 2 aliphatic rings. The number of anilines is 10. The van der Waals surface area contributed by atoms with Crippen molar-refractivity contribution in [2.45, 2.75) is 134 Å². The first-order valence-electron chi connectivity index (χ1n) is 46.1. The van der Waals surface area contributed by atoms with E-state index in [1.165, 1.54) is 31.6 Å². The maximum absolute atomic E-state index is 13.9. The molecule has 11 aromatic rings. The molecule has 43 heteroatoms. The molecule has 4 aromatic heterocycles. The smallest absolute Gasteiger partial charge is 0.421 e. The maximum Gasteiger partial charge on any atom is 0.421 e. The molecular formula is C99H123Cl2F3N18O15SSi4. The number of carbonyl (C=O) groups excluding carboxylic acids is 6. The van der Waals surface area contributed by atoms with E-state index in [1.54, 1.807) is 168 Å². The van der Waals surface area contributed by atoms with E-state index in [2.05, 4.69) is 89.1 Å². The number of aromatic nitrogens is 5. The van der Waals surface area contributed by atoms with E-state index in [0.717, 1.165) is 84.6 Å². The van der Waals surface area contributed by atoms with Gasteiger partial charge in [-0.3, -0.25) is 34.1 Å². The number of nitrogens with zero attached hydrogens (tertiary/aromatic N) is 9. The molecule has 0 unspecified atom stereocenters. The molecule has 7 aromatic carbocycles. The van der Waals surface area contributed by atoms with E-state index in [9.17, 15) is 69.5 Å². The number of nitrogens with one attached hydrogen (secondary N) is 9. The van der Waals surface area contributed by atoms with Gasteiger partial charge in [-0.2, -0.15) is 22.5 Å². The van der Waals surface area contributed by atoms with Gasteiger partial charge in [0.1, 0.15) is 51.5 Å². The van der Waals surface area contributed by atoms with E-state index in [4.69, 9.17) is 37.4 Å². The highest BCUT2D eigenvalue weighted by molar-refractivity contribution is 7.89. The fourth-order valence-electron chi connectivity index (χ4n) is 14.6. The van der Waals surface area contributed by atoms with Crippen molar-refractivity contribution in [3.05, 3.63) is 258 Å². The lowest BCUT2D eigenvalue weighted by molar-refractivity contribution is -0.137. The Morgan fingerprint density at radius 2 is 1.05 bits per heavy atom. The molecule has 756 valence electrons. The number of ether oxygens (including phenoxy) is 3. The second kappa shape index (κ2) is 51.8. The monoisotopic (exact) mass is 2070 g/mol. The van der Waals surface area contributed by atoms with Gasteiger partial charge in [-0.1, -0.05) is 48.0 Å². The molecule has 0 aliphatic carbocycles. The summed E-state index contributed by atoms with van der Waals surface area (Å²) in [6.07, 6.45) is 7.00. The van der Waals surface area contributed by atoms with Crippen LogP contribution in [0, 0.1) is 13.8 Å². The highest BCUT2D eigenvalue weighted by Gasteiger charge is 2.37. The van der Waals surface area contributed by atoms with Crippen molar-refractivity contribution in [3.63, 3.8) is 0 Å². The van der Waals surface area contributed by atoms with E-state index in [1.807, 2.05) is 83.3 Å². The van der Waals surface area contributed by atoms with Gasteiger partial charge >= 0.3 is 18.2 Å². The lowest BCUT2D eigenvalue weighted by Crippen LogP contribution is -2.48. The molecule has 13 rings (SSSR count). The van der Waals surface area contributed by atoms with Crippen LogP contribution in [-0.4, -0.2) is 215 Å². The summed E-state index contributed by atoms with van der Waals surface area (Å²) in [6.45, 7) is 29.0. The van der Waals surface area contributed by atoms with Crippen molar-refractivity contribution >= 4 is 170 Å². The number of hydrogen-bond acceptors (Lipinski definition) is 24. The summed E-state index contributed by atoms with van der Waals surface area (Å²) in [5.41, 5.74) is 5.51. The number of rotatable bonds is 35. The Balaban J connectivity index is 0.000000198. The largest absolute Gasteiger partial charge is 0.494 e. The molecular weight excluding hydrogens is 1950 g/mol. The third-order valence-electron chi connectivity index (χ3n) is 22.1. The van der Waals surface area contributed by atoms with Crippen LogP contribution >= 0.6 is 23.2 Å². The minimum absolute atomic E-state index is 0.0904. The molecule has 13 N–H and O–H groups in total. The Hall–Kier alpha value is -12.8. The Labute approximate surface area is 839 Å². The van der Waals surface area contributed by atoms with Crippen molar-refractivity contribution in [2.24, 2.45) is 0 Å². The molecule has 2 aliphatic heterocycles. The summed E-state index contributed by atoms with van der Waals surface area (Å²) in [5, 5.41) is 27.6. The van der Waals surface area contributed by atoms with Crippen molar-refractivity contribution in [2.75, 3.05) is 121 Å². The van der Waals surface area contributed by atoms with Crippen LogP contribution in [0.2, 0.25) is 86.6 Å². The average molecular weight is 2080 g/mol. The zero-order valence-electron chi connectivity index (χ0n) is 81.2. The molecule has 2 fully saturated rings. The van der Waals surface area contributed by atoms with Gasteiger partial charge in [-0.15, -0.1) is 0 Å². The Bertz CT molecular complexity index is 6280. The summed E-state index contributed by atoms with van der Waals surface area (Å²) >= 11 is 12.0. The van der Waals surface area contributed by atoms with Crippen molar-refractivity contribution in [3.8, 4) is 28.7 Å². The summed E-state index contributed by atoms with van der Waals surface area (Å²) in [4.78, 5) is 140. The van der Waals surface area contributed by atoms with Crippen molar-refractivity contribution < 1.29 is 83.7 Å². The standard InChI is InChI=1S/C31H38F3N7O4Si.C25H29ClN4O4Si.C24H27ClN4O4Si.C19H29N3O3SSi/c1-5-27(42)36-21-8-6-9-22(18-21)37-29-24(31(32,33)34)20-35-30(39-29)38-25-12-11-23(19-26(25)45-2)40-13-15-41(16-14-40)28(43)10-7-17-46(3,4)44;1-17-15-19(7-10-22(17)26)30-25(32)29-18-5-8-20(9-6-18)34-21-11-13-27-23(16-21)24(31)28-12-4-14-35(2,3)33;1-16-14-18(6-9-21(16)25)29-24(31)28-17-4-7-19(8-5-17)33-20-10-11-26-22(15-20)23(30)27-12-13-34(2,3)32;1-27(2,25)15-5-11-21-10-4-12-22(14-13-21)26(23,24)19-7-3-6-17-16-20-9-8-18(17)19/h5-6,8-9,11-12,18-20,44H,1,7,10,13-17H2,2-4H3,(H,36,42)(H2,35,37,38,39);5-11,13,15-16,33H,4,12,14H2,1-3H3,(H,28,31)(H2,29,30,32);4-11,14-15,32H,12-13H2,1-3H3,(H,27,30)(H2,28,29,31);3,6-9,16,25H,4-5,10-15H2,1-2H3. The van der Waals surface area contributed by atoms with Crippen LogP contribution in [0.1, 0.15) is 69.8 Å². The number of methoxy groups -OCH3 is 1. The number of sulfonamides is 1. The Morgan fingerprint density at radius 1 is 0.521 bits per heavy atom. The molecule has 2 saturated heterocycles. The number of benzene rings is 7. The molecule has 0 radical (unpaired) electrons. The molecule has 33 nitrogen and oxygen atoms in total. The van der Waals surface area contributed by atoms with Crippen LogP contribution in [0.3, 0.4) is 0 Å². The van der Waals surface area contributed by atoms with E-state index < -0.39 is 66.8 Å². The lowest BCUT2D eigenvalue weighted by Gasteiger charge is -2.36. The molecule has 0 saturated carbocycles. The van der Waals surface area contributed by atoms with Crippen LogP contribution in [-0.2, 0) is 25.8 Å². The number of pyridine rings is 3. The number of hydrogen-bond donors (Lipinski definition) is 13. The first kappa shape index (κ1) is 111. The van der Waals surface area contributed by atoms with Gasteiger partial charge in [0.15, 0.2) is 33.3 Å². The fourth-order valence-corrected chi connectivity index (χ4v) is 20.4. The quantitative estimate of drug-likeness (QED) is 0.00996. The van der Waals surface area contributed by atoms with Gasteiger partial charge in [-0.25, -0.2) is 23.0 Å². The minimum atomic E-state index is -4.73. The predicted molar refractivity (Wildman–Crippen MR) is 563 cm³/mol. The fraction of sp³-hybridized carbons (Fsp3) is 0.323. The molecule has 142 heavy (non-hydrogen) atoms. The molecule has 0 atom stereocenters. The molecule has 0 bridgehead atoms. The maximum atomic E-state index is 13.9. The van der Waals surface area contributed by atoms with Gasteiger partial charge in [0.25, 0.3) is 11.8 Å². The van der Waals surface area contributed by atoms with Crippen LogP contribution in [0.15, 0.2) is 224 Å². The van der Waals surface area contributed by atoms with Crippen LogP contribution in [0.5, 0.6) is 28.7 Å². The number of piperazine rings is 1. The van der Waals surface area contributed by atoms with E-state index >= 15 is 0 Å². The Kier molecular flexibility index (Phi) is 40.6. The highest BCUT2D eigenvalue weighted by Crippen LogP contribution is 2.39. The van der Waals surface area contributed by atoms with Gasteiger partial charge in [-0.05, 0) is 286 Å². The third-order valence-corrected chi connectivity index (χ3v) is 31.1. The minimum Gasteiger partial charge on any atom is -0.494 e. The van der Waals surface area contributed by atoms with Crippen LogP contribution in [0.4, 0.5) is 80.0 Å². The third kappa shape index (κ3) is 37.0. The summed E-state index contributed by atoms with van der Waals surface area (Å²) in [5.74, 6) is 0.831. The second-order valence-electron chi connectivity index (χ2n) is 36.3. The van der Waals surface area contributed by atoms with Crippen LogP contribution < -0.4 is 67.0 Å². The van der Waals surface area contributed by atoms with Gasteiger partial charge in [0.2, 0.25) is 27.8 Å². The molecule has 8 amide bonds. The van der Waals surface area contributed by atoms with Gasteiger partial charge < -0.3 is 95.9 Å². The number of carbonyl (C=O) groups is 6. The number of halogens is 5. The molecule has 6 heterocycles. The van der Waals surface area contributed by atoms with Gasteiger partial charge in [0, 0.05) is 175 Å². The van der Waals surface area contributed by atoms with Crippen molar-refractivity contribution in [1.29, 1.82) is 0 Å². The number of amides is 8. The predicted octanol–water partition coefficient (Wildman–Crippen LogP) is 19.5. The van der Waals surface area contributed by atoms with Crippen molar-refractivity contribution in [1.82, 2.24) is 49.7 Å². The number of aryl methyl sites for hydroxylation is 2. The lowest BCUT2D eigenvalue weighted by atomic mass is 10.2. The van der Waals surface area contributed by atoms with E-state index in [0.29, 0.717) is 161 Å². The zero-order chi connectivity index (χ0) is 103. The van der Waals surface area contributed by atoms with E-state index in [-0.39, 0.29) is 52.8 Å². The number of alkyl halides is 3. The highest BCUT2D eigenvalue weighted by atomic mass is 35.5. The Morgan fingerprint density at radius 3 is 1.60 bits per heavy atom. The second-order valence-corrected chi connectivity index (χ2v) is 55.6. The topological polar surface area (TPSA) is 431 Å². The number of urea groups is 2. The first-order valence-corrected chi connectivity index (χ1v) is 60.9. The first-order chi connectivity index (χ1) is 67.2. The molecule has 0 spiro atoms. The summed E-state index contributed by atoms with van der Waals surface area (Å²) < 4.78 is 86.9. The number of fused-ring (bicyclic) bond motifs is 1. The SMILES string of the molecule is C=CC(=O)Nc1cccc(Nc2nc(Nc3ccc(N4CCN(C(=O)CCC[Si](C)(C)O)CC4)cc3OC)ncc2C(F)(F)F)c1.C[Si](C)(O)CCCN1CCCN(S(=O)(=O)c2cccc3cnccc23)CC1.Cc1cc(NC(=O)Nc2ccc(Oc3ccnc(C(=O)NCCC[Si](C)(C)O)c3)cc2)ccc1Cl.Cc1cc(NC(=O)Nc2ccc(Oc3ccnc(C(=O)NCC[Si](C)(C)O)c3)cc2)ccc1Cl. The summed E-state index contributed by atoms with van der Waals surface area (Å²) in [7, 11) is -10.6. The zero-order valence-corrected chi connectivity index (χ0v) is 87.5. The van der Waals surface area contributed by atoms with Gasteiger partial charge in [0.05, 0.1) is 17.7 Å². The normalized spacial score (nSPS) is 13.2. The van der Waals surface area contributed by atoms with Crippen LogP contribution in [0.25, 0.3) is 10.8 Å².